The summed E-state index contributed by atoms with van der Waals surface area (Å²) in [5, 5.41) is 10.2. The predicted octanol–water partition coefficient (Wildman–Crippen LogP) is 3.33. The molecule has 0 radical (unpaired) electrons. The third kappa shape index (κ3) is 3.62. The van der Waals surface area contributed by atoms with E-state index in [1.54, 1.807) is 30.0 Å². The number of ether oxygens (including phenoxy) is 1. The second kappa shape index (κ2) is 6.81. The van der Waals surface area contributed by atoms with Crippen LogP contribution in [0.15, 0.2) is 18.2 Å². The van der Waals surface area contributed by atoms with E-state index in [-0.39, 0.29) is 18.4 Å². The topological polar surface area (TPSA) is 66.8 Å². The number of carboxylic acids is 1. The van der Waals surface area contributed by atoms with Crippen molar-refractivity contribution >= 4 is 35.1 Å². The number of rotatable bonds is 5. The first-order valence-corrected chi connectivity index (χ1v) is 8.75. The minimum atomic E-state index is -0.819. The molecule has 1 aromatic rings. The first kappa shape index (κ1) is 17.4. The first-order valence-electron chi connectivity index (χ1n) is 8.00. The SMILES string of the molecule is CC(Oc1ccc(Cl)c(Cl)c1)C(=O)N1C[C@H](C(=O)O)[C@@H](C2CC2)C1. The Bertz CT molecular complexity index is 662. The average Bonchev–Trinajstić information content (AvgIpc) is 3.28. The van der Waals surface area contributed by atoms with E-state index >= 15 is 0 Å². The third-order valence-electron chi connectivity index (χ3n) is 4.77. The largest absolute Gasteiger partial charge is 0.481 e. The van der Waals surface area contributed by atoms with Gasteiger partial charge in [-0.1, -0.05) is 23.2 Å². The molecule has 1 aromatic carbocycles. The number of amides is 1. The van der Waals surface area contributed by atoms with Gasteiger partial charge >= 0.3 is 5.97 Å². The maximum atomic E-state index is 12.6. The van der Waals surface area contributed by atoms with E-state index in [1.165, 1.54) is 0 Å². The van der Waals surface area contributed by atoms with Gasteiger partial charge in [-0.2, -0.15) is 0 Å². The second-order valence-corrected chi connectivity index (χ2v) is 7.34. The first-order chi connectivity index (χ1) is 11.4. The molecular weight excluding hydrogens is 353 g/mol. The van der Waals surface area contributed by atoms with Crippen LogP contribution in [0.5, 0.6) is 5.75 Å². The van der Waals surface area contributed by atoms with E-state index in [0.717, 1.165) is 12.8 Å². The number of halogens is 2. The smallest absolute Gasteiger partial charge is 0.308 e. The molecule has 3 rings (SSSR count). The Morgan fingerprint density at radius 3 is 2.54 bits per heavy atom. The maximum absolute atomic E-state index is 12.6. The van der Waals surface area contributed by atoms with Crippen molar-refractivity contribution in [2.24, 2.45) is 17.8 Å². The molecule has 0 aromatic heterocycles. The van der Waals surface area contributed by atoms with Gasteiger partial charge in [0.1, 0.15) is 5.75 Å². The van der Waals surface area contributed by atoms with E-state index in [1.807, 2.05) is 0 Å². The summed E-state index contributed by atoms with van der Waals surface area (Å²) >= 11 is 11.8. The van der Waals surface area contributed by atoms with Gasteiger partial charge in [-0.3, -0.25) is 9.59 Å². The summed E-state index contributed by atoms with van der Waals surface area (Å²) in [6.45, 7) is 2.41. The lowest BCUT2D eigenvalue weighted by Gasteiger charge is -2.22. The number of carbonyl (C=O) groups excluding carboxylic acids is 1. The zero-order valence-electron chi connectivity index (χ0n) is 13.2. The van der Waals surface area contributed by atoms with Crippen molar-refractivity contribution < 1.29 is 19.4 Å². The number of benzene rings is 1. The molecule has 7 heteroatoms. The van der Waals surface area contributed by atoms with E-state index in [0.29, 0.717) is 28.3 Å². The van der Waals surface area contributed by atoms with Gasteiger partial charge in [0.25, 0.3) is 5.91 Å². The summed E-state index contributed by atoms with van der Waals surface area (Å²) in [6, 6.07) is 4.82. The number of likely N-dealkylation sites (tertiary alicyclic amines) is 1. The number of carbonyl (C=O) groups is 2. The van der Waals surface area contributed by atoms with Gasteiger partial charge in [-0.05, 0) is 43.7 Å². The lowest BCUT2D eigenvalue weighted by atomic mass is 9.92. The molecule has 5 nitrogen and oxygen atoms in total. The Balaban J connectivity index is 1.65. The van der Waals surface area contributed by atoms with Crippen molar-refractivity contribution in [3.63, 3.8) is 0 Å². The molecule has 1 saturated heterocycles. The Kier molecular flexibility index (Phi) is 4.92. The minimum absolute atomic E-state index is 0.0589. The fraction of sp³-hybridized carbons (Fsp3) is 0.529. The van der Waals surface area contributed by atoms with Gasteiger partial charge in [-0.25, -0.2) is 0 Å². The fourth-order valence-electron chi connectivity index (χ4n) is 3.33. The summed E-state index contributed by atoms with van der Waals surface area (Å²) in [7, 11) is 0. The van der Waals surface area contributed by atoms with Crippen LogP contribution in [0.2, 0.25) is 10.0 Å². The second-order valence-electron chi connectivity index (χ2n) is 6.53. The molecule has 130 valence electrons. The predicted molar refractivity (Wildman–Crippen MR) is 90.5 cm³/mol. The third-order valence-corrected chi connectivity index (χ3v) is 5.51. The highest BCUT2D eigenvalue weighted by Crippen LogP contribution is 2.44. The van der Waals surface area contributed by atoms with Crippen LogP contribution in [-0.4, -0.2) is 41.1 Å². The molecule has 24 heavy (non-hydrogen) atoms. The number of aliphatic carboxylic acids is 1. The molecule has 1 unspecified atom stereocenters. The van der Waals surface area contributed by atoms with Gasteiger partial charge in [-0.15, -0.1) is 0 Å². The standard InChI is InChI=1S/C17H19Cl2NO4/c1-9(24-11-4-5-14(18)15(19)6-11)16(21)20-7-12(10-2-3-10)13(8-20)17(22)23/h4-6,9-10,12-13H,2-3,7-8H2,1H3,(H,22,23)/t9?,12-,13+/m1/s1. The zero-order valence-corrected chi connectivity index (χ0v) is 14.8. The van der Waals surface area contributed by atoms with Crippen molar-refractivity contribution in [2.75, 3.05) is 13.1 Å². The van der Waals surface area contributed by atoms with Gasteiger partial charge in [0.15, 0.2) is 6.10 Å². The molecule has 1 N–H and O–H groups in total. The van der Waals surface area contributed by atoms with Crippen molar-refractivity contribution in [3.8, 4) is 5.75 Å². The van der Waals surface area contributed by atoms with Crippen LogP contribution in [0.3, 0.4) is 0 Å². The Labute approximate surface area is 150 Å². The van der Waals surface area contributed by atoms with Crippen LogP contribution in [0.25, 0.3) is 0 Å². The monoisotopic (exact) mass is 371 g/mol. The highest BCUT2D eigenvalue weighted by molar-refractivity contribution is 6.42. The van der Waals surface area contributed by atoms with E-state index < -0.39 is 18.0 Å². The van der Waals surface area contributed by atoms with E-state index in [2.05, 4.69) is 0 Å². The molecule has 1 amide bonds. The molecule has 2 aliphatic rings. The summed E-state index contributed by atoms with van der Waals surface area (Å²) < 4.78 is 5.65. The Morgan fingerprint density at radius 2 is 1.96 bits per heavy atom. The zero-order chi connectivity index (χ0) is 17.4. The van der Waals surface area contributed by atoms with E-state index in [4.69, 9.17) is 27.9 Å². The van der Waals surface area contributed by atoms with Crippen LogP contribution < -0.4 is 4.74 Å². The van der Waals surface area contributed by atoms with Crippen LogP contribution >= 0.6 is 23.2 Å². The van der Waals surface area contributed by atoms with Crippen molar-refractivity contribution in [3.05, 3.63) is 28.2 Å². The van der Waals surface area contributed by atoms with Crippen LogP contribution in [0, 0.1) is 17.8 Å². The number of hydrogen-bond donors (Lipinski definition) is 1. The molecule has 3 atom stereocenters. The normalized spacial score (nSPS) is 24.7. The van der Waals surface area contributed by atoms with Crippen LogP contribution in [0.1, 0.15) is 19.8 Å². The minimum Gasteiger partial charge on any atom is -0.481 e. The van der Waals surface area contributed by atoms with E-state index in [9.17, 15) is 14.7 Å². The quantitative estimate of drug-likeness (QED) is 0.861. The number of carboxylic acid groups (broad SMARTS) is 1. The van der Waals surface area contributed by atoms with Crippen LogP contribution in [0.4, 0.5) is 0 Å². The Morgan fingerprint density at radius 1 is 1.25 bits per heavy atom. The summed E-state index contributed by atoms with van der Waals surface area (Å²) in [5.41, 5.74) is 0. The van der Waals surface area contributed by atoms with Gasteiger partial charge in [0, 0.05) is 19.2 Å². The summed E-state index contributed by atoms with van der Waals surface area (Å²) in [6.07, 6.45) is 1.41. The molecule has 1 saturated carbocycles. The van der Waals surface area contributed by atoms with Crippen molar-refractivity contribution in [2.45, 2.75) is 25.9 Å². The fourth-order valence-corrected chi connectivity index (χ4v) is 3.62. The lowest BCUT2D eigenvalue weighted by Crippen LogP contribution is -2.39. The molecule has 0 bridgehead atoms. The average molecular weight is 372 g/mol. The van der Waals surface area contributed by atoms with Gasteiger partial charge < -0.3 is 14.7 Å². The maximum Gasteiger partial charge on any atom is 0.308 e. The van der Waals surface area contributed by atoms with Crippen molar-refractivity contribution in [1.82, 2.24) is 4.90 Å². The molecule has 1 aliphatic heterocycles. The number of hydrogen-bond acceptors (Lipinski definition) is 3. The summed E-state index contributed by atoms with van der Waals surface area (Å²) in [4.78, 5) is 25.7. The van der Waals surface area contributed by atoms with Gasteiger partial charge in [0.2, 0.25) is 0 Å². The summed E-state index contributed by atoms with van der Waals surface area (Å²) in [5.74, 6) is -0.536. The van der Waals surface area contributed by atoms with Gasteiger partial charge in [0.05, 0.1) is 16.0 Å². The van der Waals surface area contributed by atoms with Crippen LogP contribution in [-0.2, 0) is 9.59 Å². The Hall–Kier alpha value is -1.46. The molecule has 0 spiro atoms. The molecule has 1 aliphatic carbocycles. The lowest BCUT2D eigenvalue weighted by molar-refractivity contribution is -0.143. The molecule has 1 heterocycles. The highest BCUT2D eigenvalue weighted by Gasteiger charge is 2.47. The highest BCUT2D eigenvalue weighted by atomic mass is 35.5. The molecular formula is C17H19Cl2NO4. The molecule has 2 fully saturated rings. The number of nitrogens with zero attached hydrogens (tertiary/aromatic N) is 1. The van der Waals surface area contributed by atoms with Crippen molar-refractivity contribution in [1.29, 1.82) is 0 Å².